The molecule has 8 nitrogen and oxygen atoms in total. The molecule has 2 aromatic heterocycles. The van der Waals surface area contributed by atoms with Gasteiger partial charge in [0.25, 0.3) is 0 Å². The Balaban J connectivity index is 1.69. The van der Waals surface area contributed by atoms with Gasteiger partial charge in [-0.15, -0.1) is 5.10 Å². The van der Waals surface area contributed by atoms with Crippen molar-refractivity contribution in [3.8, 4) is 0 Å². The molecule has 0 saturated carbocycles. The number of likely N-dealkylation sites (tertiary alicyclic amines) is 1. The summed E-state index contributed by atoms with van der Waals surface area (Å²) in [6.45, 7) is 6.30. The van der Waals surface area contributed by atoms with Crippen LogP contribution in [0.4, 0.5) is 5.95 Å². The van der Waals surface area contributed by atoms with Gasteiger partial charge >= 0.3 is 0 Å². The van der Waals surface area contributed by atoms with Gasteiger partial charge in [0, 0.05) is 51.2 Å². The Morgan fingerprint density at radius 3 is 2.60 bits per heavy atom. The second-order valence-corrected chi connectivity index (χ2v) is 7.31. The molecule has 25 heavy (non-hydrogen) atoms. The van der Waals surface area contributed by atoms with Crippen LogP contribution < -0.4 is 4.90 Å². The van der Waals surface area contributed by atoms with Crippen LogP contribution in [0, 0.1) is 0 Å². The van der Waals surface area contributed by atoms with Gasteiger partial charge in [0.05, 0.1) is 6.20 Å². The number of hydrogen-bond donors (Lipinski definition) is 1. The molecule has 3 rings (SSSR count). The van der Waals surface area contributed by atoms with Gasteiger partial charge in [-0.05, 0) is 33.2 Å². The van der Waals surface area contributed by atoms with Crippen molar-refractivity contribution in [2.75, 3.05) is 32.1 Å². The normalized spacial score (nSPS) is 21.7. The summed E-state index contributed by atoms with van der Waals surface area (Å²) in [5.41, 5.74) is 0.751. The summed E-state index contributed by atoms with van der Waals surface area (Å²) in [5, 5.41) is 19.5. The third-order valence-corrected chi connectivity index (χ3v) is 4.56. The van der Waals surface area contributed by atoms with Gasteiger partial charge in [-0.25, -0.2) is 14.6 Å². The Kier molecular flexibility index (Phi) is 5.01. The molecule has 0 amide bonds. The van der Waals surface area contributed by atoms with E-state index in [0.717, 1.165) is 18.5 Å². The maximum Gasteiger partial charge on any atom is 0.224 e. The number of aromatic nitrogens is 5. The number of anilines is 1. The molecule has 0 bridgehead atoms. The van der Waals surface area contributed by atoms with Crippen LogP contribution in [0.3, 0.4) is 0 Å². The van der Waals surface area contributed by atoms with Gasteiger partial charge in [-0.1, -0.05) is 5.21 Å². The molecule has 0 spiro atoms. The van der Waals surface area contributed by atoms with Crippen LogP contribution in [-0.4, -0.2) is 62.2 Å². The molecule has 1 saturated heterocycles. The zero-order valence-electron chi connectivity index (χ0n) is 15.4. The number of rotatable bonds is 5. The minimum Gasteiger partial charge on any atom is -0.382 e. The van der Waals surface area contributed by atoms with E-state index in [1.54, 1.807) is 4.68 Å². The molecule has 1 aliphatic heterocycles. The van der Waals surface area contributed by atoms with E-state index in [4.69, 9.17) is 0 Å². The fourth-order valence-electron chi connectivity index (χ4n) is 3.13. The number of hydrogen-bond acceptors (Lipinski definition) is 7. The molecule has 3 heterocycles. The van der Waals surface area contributed by atoms with Gasteiger partial charge < -0.3 is 10.0 Å². The third-order valence-electron chi connectivity index (χ3n) is 4.56. The third kappa shape index (κ3) is 3.96. The molecule has 8 heteroatoms. The predicted molar refractivity (Wildman–Crippen MR) is 95.2 cm³/mol. The molecule has 1 fully saturated rings. The van der Waals surface area contributed by atoms with Gasteiger partial charge in [0.2, 0.25) is 5.95 Å². The zero-order valence-corrected chi connectivity index (χ0v) is 15.4. The summed E-state index contributed by atoms with van der Waals surface area (Å²) >= 11 is 0. The first-order chi connectivity index (χ1) is 11.9. The summed E-state index contributed by atoms with van der Waals surface area (Å²) in [6, 6.07) is 0.233. The standard InChI is InChI=1S/C17H27N7O/c1-13(2)24-11-15(20-21-24)17(25)6-5-7-23(12-17)10-14-8-18-16(19-9-14)22(3)4/h8-9,11,13,25H,5-7,10,12H2,1-4H3/t17-/m0/s1. The van der Waals surface area contributed by atoms with Crippen LogP contribution in [0.2, 0.25) is 0 Å². The highest BCUT2D eigenvalue weighted by atomic mass is 16.3. The van der Waals surface area contributed by atoms with Crippen molar-refractivity contribution in [1.82, 2.24) is 29.9 Å². The van der Waals surface area contributed by atoms with Gasteiger partial charge in [0.1, 0.15) is 11.3 Å². The quantitative estimate of drug-likeness (QED) is 0.872. The van der Waals surface area contributed by atoms with Gasteiger partial charge in [-0.3, -0.25) is 4.90 Å². The topological polar surface area (TPSA) is 83.2 Å². The van der Waals surface area contributed by atoms with Crippen LogP contribution in [0.15, 0.2) is 18.6 Å². The lowest BCUT2D eigenvalue weighted by molar-refractivity contribution is -0.0415. The average Bonchev–Trinajstić information content (AvgIpc) is 3.06. The minimum absolute atomic E-state index is 0.233. The smallest absolute Gasteiger partial charge is 0.224 e. The number of β-amino-alcohol motifs (C(OH)–C–C–N with tert-alkyl or cyclic N) is 1. The largest absolute Gasteiger partial charge is 0.382 e. The maximum atomic E-state index is 11.1. The molecular weight excluding hydrogens is 318 g/mol. The van der Waals surface area contributed by atoms with Crippen LogP contribution >= 0.6 is 0 Å². The minimum atomic E-state index is -0.949. The van der Waals surface area contributed by atoms with Crippen molar-refractivity contribution >= 4 is 5.95 Å². The summed E-state index contributed by atoms with van der Waals surface area (Å²) < 4.78 is 1.79. The summed E-state index contributed by atoms with van der Waals surface area (Å²) in [7, 11) is 3.84. The highest BCUT2D eigenvalue weighted by Gasteiger charge is 2.37. The molecule has 1 aliphatic rings. The zero-order chi connectivity index (χ0) is 18.0. The molecule has 136 valence electrons. The molecular formula is C17H27N7O. The van der Waals surface area contributed by atoms with Crippen molar-refractivity contribution in [2.24, 2.45) is 0 Å². The van der Waals surface area contributed by atoms with Crippen LogP contribution in [0.1, 0.15) is 44.0 Å². The SMILES string of the molecule is CC(C)n1cc([C@]2(O)CCCN(Cc3cnc(N(C)C)nc3)C2)nn1. The Bertz CT molecular complexity index is 697. The monoisotopic (exact) mass is 345 g/mol. The highest BCUT2D eigenvalue weighted by molar-refractivity contribution is 5.26. The molecule has 2 aromatic rings. The van der Waals surface area contributed by atoms with E-state index in [1.807, 2.05) is 51.4 Å². The van der Waals surface area contributed by atoms with Crippen LogP contribution in [-0.2, 0) is 12.1 Å². The van der Waals surface area contributed by atoms with Gasteiger partial charge in [0.15, 0.2) is 0 Å². The van der Waals surface area contributed by atoms with Crippen molar-refractivity contribution in [2.45, 2.75) is 44.9 Å². The van der Waals surface area contributed by atoms with Crippen molar-refractivity contribution in [1.29, 1.82) is 0 Å². The second kappa shape index (κ2) is 7.05. The Labute approximate surface area is 148 Å². The van der Waals surface area contributed by atoms with E-state index >= 15 is 0 Å². The van der Waals surface area contributed by atoms with E-state index in [1.165, 1.54) is 0 Å². The summed E-state index contributed by atoms with van der Waals surface area (Å²) in [5.74, 6) is 0.698. The Morgan fingerprint density at radius 1 is 1.28 bits per heavy atom. The molecule has 1 atom stereocenters. The van der Waals surface area contributed by atoms with E-state index in [9.17, 15) is 5.11 Å². The molecule has 0 radical (unpaired) electrons. The number of piperidine rings is 1. The maximum absolute atomic E-state index is 11.1. The van der Waals surface area contributed by atoms with Gasteiger partial charge in [-0.2, -0.15) is 0 Å². The van der Waals surface area contributed by atoms with Crippen molar-refractivity contribution < 1.29 is 5.11 Å². The molecule has 0 aromatic carbocycles. The van der Waals surface area contributed by atoms with Crippen LogP contribution in [0.5, 0.6) is 0 Å². The molecule has 0 aliphatic carbocycles. The first-order valence-corrected chi connectivity index (χ1v) is 8.73. The lowest BCUT2D eigenvalue weighted by Gasteiger charge is -2.37. The van der Waals surface area contributed by atoms with E-state index in [2.05, 4.69) is 25.2 Å². The lowest BCUT2D eigenvalue weighted by Crippen LogP contribution is -2.46. The predicted octanol–water partition coefficient (Wildman–Crippen LogP) is 1.20. The number of nitrogens with zero attached hydrogens (tertiary/aromatic N) is 7. The van der Waals surface area contributed by atoms with Crippen LogP contribution in [0.25, 0.3) is 0 Å². The summed E-state index contributed by atoms with van der Waals surface area (Å²) in [6.07, 6.45) is 7.19. The van der Waals surface area contributed by atoms with E-state index < -0.39 is 5.60 Å². The second-order valence-electron chi connectivity index (χ2n) is 7.31. The fourth-order valence-corrected chi connectivity index (χ4v) is 3.13. The Morgan fingerprint density at radius 2 is 2.00 bits per heavy atom. The first-order valence-electron chi connectivity index (χ1n) is 8.73. The van der Waals surface area contributed by atoms with E-state index in [0.29, 0.717) is 31.2 Å². The van der Waals surface area contributed by atoms with Crippen molar-refractivity contribution in [3.63, 3.8) is 0 Å². The summed E-state index contributed by atoms with van der Waals surface area (Å²) in [4.78, 5) is 12.8. The Hall–Kier alpha value is -2.06. The highest BCUT2D eigenvalue weighted by Crippen LogP contribution is 2.31. The average molecular weight is 345 g/mol. The lowest BCUT2D eigenvalue weighted by atomic mass is 9.90. The number of aliphatic hydroxyl groups is 1. The molecule has 0 unspecified atom stereocenters. The fraction of sp³-hybridized carbons (Fsp3) is 0.647. The van der Waals surface area contributed by atoms with Crippen molar-refractivity contribution in [3.05, 3.63) is 29.8 Å². The van der Waals surface area contributed by atoms with E-state index in [-0.39, 0.29) is 6.04 Å². The molecule has 1 N–H and O–H groups in total. The first kappa shape index (κ1) is 17.8.